The molecular weight excluding hydrogens is 253 g/mol. The Morgan fingerprint density at radius 1 is 1.05 bits per heavy atom. The molecule has 0 aromatic rings. The van der Waals surface area contributed by atoms with Crippen molar-refractivity contribution in [2.45, 2.75) is 58.8 Å². The maximum Gasteiger partial charge on any atom is 0.401 e. The highest BCUT2D eigenvalue weighted by Gasteiger charge is 2.64. The summed E-state index contributed by atoms with van der Waals surface area (Å²) in [6.45, 7) is 9.34. The molecule has 1 aliphatic heterocycles. The minimum Gasteiger partial charge on any atom is -0.310 e. The van der Waals surface area contributed by atoms with Crippen LogP contribution < -0.4 is 5.32 Å². The summed E-state index contributed by atoms with van der Waals surface area (Å²) in [6, 6.07) is 0.856. The van der Waals surface area contributed by atoms with E-state index in [9.17, 15) is 13.2 Å². The lowest BCUT2D eigenvalue weighted by Crippen LogP contribution is -2.46. The number of halogens is 3. The van der Waals surface area contributed by atoms with Gasteiger partial charge < -0.3 is 5.32 Å². The number of nitrogens with zero attached hydrogens (tertiary/aromatic N) is 1. The monoisotopic (exact) mass is 278 g/mol. The van der Waals surface area contributed by atoms with Crippen molar-refractivity contribution in [3.8, 4) is 0 Å². The summed E-state index contributed by atoms with van der Waals surface area (Å²) in [5, 5.41) is 3.65. The van der Waals surface area contributed by atoms with Crippen LogP contribution in [0.4, 0.5) is 13.2 Å². The summed E-state index contributed by atoms with van der Waals surface area (Å²) in [5.74, 6) is 0. The highest BCUT2D eigenvalue weighted by molar-refractivity contribution is 5.18. The van der Waals surface area contributed by atoms with Gasteiger partial charge in [0.25, 0.3) is 0 Å². The molecule has 5 heteroatoms. The van der Waals surface area contributed by atoms with Gasteiger partial charge in [-0.3, -0.25) is 4.90 Å². The molecule has 0 unspecified atom stereocenters. The number of alkyl halides is 3. The highest BCUT2D eigenvalue weighted by Crippen LogP contribution is 2.62. The molecule has 0 atom stereocenters. The van der Waals surface area contributed by atoms with E-state index in [1.54, 1.807) is 0 Å². The number of hydrogen-bond acceptors (Lipinski definition) is 2. The van der Waals surface area contributed by atoms with Crippen LogP contribution in [0, 0.1) is 10.8 Å². The predicted octanol–water partition coefficient (Wildman–Crippen LogP) is 3.04. The minimum atomic E-state index is -4.07. The summed E-state index contributed by atoms with van der Waals surface area (Å²) < 4.78 is 36.9. The lowest BCUT2D eigenvalue weighted by molar-refractivity contribution is -0.148. The van der Waals surface area contributed by atoms with Gasteiger partial charge >= 0.3 is 6.18 Å². The second kappa shape index (κ2) is 4.62. The average molecular weight is 278 g/mol. The molecule has 19 heavy (non-hydrogen) atoms. The van der Waals surface area contributed by atoms with Gasteiger partial charge in [0.15, 0.2) is 0 Å². The van der Waals surface area contributed by atoms with Crippen LogP contribution >= 0.6 is 0 Å². The molecule has 112 valence electrons. The molecule has 0 amide bonds. The number of piperidine rings is 1. The van der Waals surface area contributed by atoms with E-state index in [1.165, 1.54) is 4.90 Å². The first-order chi connectivity index (χ1) is 8.54. The van der Waals surface area contributed by atoms with Crippen LogP contribution in [0.5, 0.6) is 0 Å². The predicted molar refractivity (Wildman–Crippen MR) is 70.0 cm³/mol. The fraction of sp³-hybridized carbons (Fsp3) is 1.00. The number of likely N-dealkylation sites (tertiary alicyclic amines) is 1. The summed E-state index contributed by atoms with van der Waals surface area (Å²) in [4.78, 5) is 1.52. The molecule has 1 saturated heterocycles. The van der Waals surface area contributed by atoms with Gasteiger partial charge in [0.05, 0.1) is 6.54 Å². The quantitative estimate of drug-likeness (QED) is 0.853. The zero-order valence-electron chi connectivity index (χ0n) is 12.3. The molecule has 0 aromatic carbocycles. The van der Waals surface area contributed by atoms with Crippen molar-refractivity contribution in [2.24, 2.45) is 10.8 Å². The van der Waals surface area contributed by atoms with Crippen LogP contribution in [-0.4, -0.2) is 42.8 Å². The lowest BCUT2D eigenvalue weighted by Gasteiger charge is -2.33. The smallest absolute Gasteiger partial charge is 0.310 e. The van der Waals surface area contributed by atoms with Gasteiger partial charge in [0, 0.05) is 12.1 Å². The molecule has 2 rings (SSSR count). The molecule has 2 fully saturated rings. The molecule has 0 aromatic heterocycles. The fourth-order valence-electron chi connectivity index (χ4n) is 3.36. The van der Waals surface area contributed by atoms with E-state index >= 15 is 0 Å². The van der Waals surface area contributed by atoms with E-state index in [0.29, 0.717) is 25.2 Å². The van der Waals surface area contributed by atoms with Gasteiger partial charge in [0.1, 0.15) is 0 Å². The largest absolute Gasteiger partial charge is 0.401 e. The number of hydrogen-bond donors (Lipinski definition) is 1. The third-order valence-corrected chi connectivity index (χ3v) is 5.41. The molecule has 0 spiro atoms. The number of nitrogens with one attached hydrogen (secondary N) is 1. The molecule has 2 nitrogen and oxygen atoms in total. The summed E-state index contributed by atoms with van der Waals surface area (Å²) in [5.41, 5.74) is 0.576. The molecule has 1 aliphatic carbocycles. The molecule has 1 saturated carbocycles. The van der Waals surface area contributed by atoms with Gasteiger partial charge in [0.2, 0.25) is 0 Å². The Kier molecular flexibility index (Phi) is 3.67. The van der Waals surface area contributed by atoms with Crippen LogP contribution in [0.3, 0.4) is 0 Å². The highest BCUT2D eigenvalue weighted by atomic mass is 19.4. The maximum atomic E-state index is 12.3. The van der Waals surface area contributed by atoms with Crippen molar-refractivity contribution in [2.75, 3.05) is 19.6 Å². The average Bonchev–Trinajstić information content (AvgIpc) is 2.61. The zero-order chi connectivity index (χ0) is 14.5. The van der Waals surface area contributed by atoms with Crippen molar-refractivity contribution >= 4 is 0 Å². The maximum absolute atomic E-state index is 12.3. The Bertz CT molecular complexity index is 314. The van der Waals surface area contributed by atoms with Crippen molar-refractivity contribution in [3.63, 3.8) is 0 Å². The van der Waals surface area contributed by atoms with Gasteiger partial charge in [-0.1, -0.05) is 27.7 Å². The van der Waals surface area contributed by atoms with Crippen molar-refractivity contribution in [3.05, 3.63) is 0 Å². The second-order valence-electron chi connectivity index (χ2n) is 7.21. The third kappa shape index (κ3) is 3.07. The minimum absolute atomic E-state index is 0.288. The normalized spacial score (nSPS) is 28.6. The molecule has 1 N–H and O–H groups in total. The van der Waals surface area contributed by atoms with Crippen molar-refractivity contribution in [1.82, 2.24) is 10.2 Å². The van der Waals surface area contributed by atoms with E-state index in [1.807, 2.05) is 0 Å². The summed E-state index contributed by atoms with van der Waals surface area (Å²) in [7, 11) is 0. The standard InChI is InChI=1S/C14H25F3N2/c1-12(2)11(13(12,3)4)18-10-5-7-19(8-6-10)9-14(15,16)17/h10-11,18H,5-9H2,1-4H3. The SMILES string of the molecule is CC1(C)C(NC2CCN(CC(F)(F)F)CC2)C1(C)C. The van der Waals surface area contributed by atoms with Crippen LogP contribution in [0.15, 0.2) is 0 Å². The first-order valence-corrected chi connectivity index (χ1v) is 7.09. The lowest BCUT2D eigenvalue weighted by atomic mass is 10.0. The molecule has 1 heterocycles. The van der Waals surface area contributed by atoms with Crippen LogP contribution in [0.1, 0.15) is 40.5 Å². The van der Waals surface area contributed by atoms with Crippen LogP contribution in [-0.2, 0) is 0 Å². The molecular formula is C14H25F3N2. The Morgan fingerprint density at radius 3 is 1.89 bits per heavy atom. The Hall–Kier alpha value is -0.290. The Balaban J connectivity index is 1.76. The van der Waals surface area contributed by atoms with E-state index < -0.39 is 12.7 Å². The third-order valence-electron chi connectivity index (χ3n) is 5.41. The Labute approximate surface area is 113 Å². The van der Waals surface area contributed by atoms with E-state index in [-0.39, 0.29) is 10.8 Å². The van der Waals surface area contributed by atoms with Crippen LogP contribution in [0.2, 0.25) is 0 Å². The molecule has 2 aliphatic rings. The molecule has 0 bridgehead atoms. The molecule has 0 radical (unpaired) electrons. The zero-order valence-corrected chi connectivity index (χ0v) is 12.3. The van der Waals surface area contributed by atoms with Gasteiger partial charge in [-0.25, -0.2) is 0 Å². The van der Waals surface area contributed by atoms with Gasteiger partial charge in [-0.2, -0.15) is 13.2 Å². The second-order valence-corrected chi connectivity index (χ2v) is 7.21. The van der Waals surface area contributed by atoms with E-state index in [4.69, 9.17) is 0 Å². The first-order valence-electron chi connectivity index (χ1n) is 7.09. The van der Waals surface area contributed by atoms with E-state index in [0.717, 1.165) is 12.8 Å². The van der Waals surface area contributed by atoms with Crippen LogP contribution in [0.25, 0.3) is 0 Å². The fourth-order valence-corrected chi connectivity index (χ4v) is 3.36. The first kappa shape index (κ1) is 15.1. The van der Waals surface area contributed by atoms with Gasteiger partial charge in [-0.05, 0) is 36.8 Å². The Morgan fingerprint density at radius 2 is 1.53 bits per heavy atom. The topological polar surface area (TPSA) is 15.3 Å². The van der Waals surface area contributed by atoms with Crippen molar-refractivity contribution in [1.29, 1.82) is 0 Å². The number of rotatable bonds is 3. The van der Waals surface area contributed by atoms with E-state index in [2.05, 4.69) is 33.0 Å². The summed E-state index contributed by atoms with van der Waals surface area (Å²) in [6.07, 6.45) is -2.43. The van der Waals surface area contributed by atoms with Gasteiger partial charge in [-0.15, -0.1) is 0 Å². The van der Waals surface area contributed by atoms with Crippen molar-refractivity contribution < 1.29 is 13.2 Å². The summed E-state index contributed by atoms with van der Waals surface area (Å²) >= 11 is 0.